The van der Waals surface area contributed by atoms with Crippen LogP contribution in [0.4, 0.5) is 0 Å². The predicted octanol–water partition coefficient (Wildman–Crippen LogP) is 4.11. The molecule has 21 heavy (non-hydrogen) atoms. The molecule has 2 rings (SSSR count). The van der Waals surface area contributed by atoms with Crippen LogP contribution >= 0.6 is 0 Å². The van der Waals surface area contributed by atoms with E-state index in [-0.39, 0.29) is 11.3 Å². The molecule has 0 bridgehead atoms. The topological polar surface area (TPSA) is 47.3 Å². The second-order valence-corrected chi connectivity index (χ2v) is 6.24. The van der Waals surface area contributed by atoms with E-state index in [9.17, 15) is 5.11 Å². The van der Waals surface area contributed by atoms with Crippen molar-refractivity contribution in [3.8, 4) is 22.8 Å². The molecule has 4 heteroatoms. The molecule has 0 atom stereocenters. The number of rotatable bonds is 4. The van der Waals surface area contributed by atoms with Gasteiger partial charge in [-0.25, -0.2) is 0 Å². The van der Waals surface area contributed by atoms with E-state index in [1.165, 1.54) is 0 Å². The van der Waals surface area contributed by atoms with Gasteiger partial charge in [0, 0.05) is 5.56 Å². The van der Waals surface area contributed by atoms with Crippen molar-refractivity contribution in [2.45, 2.75) is 46.6 Å². The highest BCUT2D eigenvalue weighted by Gasteiger charge is 2.23. The molecule has 1 aromatic heterocycles. The van der Waals surface area contributed by atoms with Crippen LogP contribution in [-0.4, -0.2) is 21.5 Å². The second kappa shape index (κ2) is 5.80. The smallest absolute Gasteiger partial charge is 0.164 e. The first-order valence-electron chi connectivity index (χ1n) is 7.37. The molecule has 4 nitrogen and oxygen atoms in total. The molecule has 0 aliphatic heterocycles. The summed E-state index contributed by atoms with van der Waals surface area (Å²) >= 11 is 0. The lowest BCUT2D eigenvalue weighted by atomic mass is 10.1. The van der Waals surface area contributed by atoms with Crippen molar-refractivity contribution in [2.75, 3.05) is 6.61 Å². The Hall–Kier alpha value is -1.97. The average Bonchev–Trinajstić information content (AvgIpc) is 2.73. The van der Waals surface area contributed by atoms with Gasteiger partial charge in [0.05, 0.1) is 17.8 Å². The molecule has 0 spiro atoms. The summed E-state index contributed by atoms with van der Waals surface area (Å²) < 4.78 is 7.50. The minimum atomic E-state index is -0.171. The highest BCUT2D eigenvalue weighted by atomic mass is 16.5. The average molecular weight is 288 g/mol. The Balaban J connectivity index is 2.43. The summed E-state index contributed by atoms with van der Waals surface area (Å²) in [5.41, 5.74) is 2.07. The van der Waals surface area contributed by atoms with Gasteiger partial charge < -0.3 is 9.84 Å². The SMILES string of the molecule is CCCOc1cccc(-c2nn(C(C)(C)C)c(C)c2O)c1. The molecule has 0 fully saturated rings. The van der Waals surface area contributed by atoms with Gasteiger partial charge in [-0.1, -0.05) is 19.1 Å². The third-order valence-electron chi connectivity index (χ3n) is 3.30. The number of hydrogen-bond acceptors (Lipinski definition) is 3. The molecule has 1 heterocycles. The molecular weight excluding hydrogens is 264 g/mol. The van der Waals surface area contributed by atoms with Crippen LogP contribution in [-0.2, 0) is 5.54 Å². The highest BCUT2D eigenvalue weighted by Crippen LogP contribution is 2.35. The van der Waals surface area contributed by atoms with Crippen molar-refractivity contribution in [1.82, 2.24) is 9.78 Å². The maximum atomic E-state index is 10.4. The first-order chi connectivity index (χ1) is 9.84. The fraction of sp³-hybridized carbons (Fsp3) is 0.471. The predicted molar refractivity (Wildman–Crippen MR) is 84.8 cm³/mol. The minimum absolute atomic E-state index is 0.171. The van der Waals surface area contributed by atoms with Crippen molar-refractivity contribution in [1.29, 1.82) is 0 Å². The summed E-state index contributed by atoms with van der Waals surface area (Å²) in [7, 11) is 0. The van der Waals surface area contributed by atoms with E-state index in [1.807, 2.05) is 35.9 Å². The third kappa shape index (κ3) is 3.20. The van der Waals surface area contributed by atoms with Crippen LogP contribution in [0.2, 0.25) is 0 Å². The Kier molecular flexibility index (Phi) is 4.26. The number of ether oxygens (including phenoxy) is 1. The first-order valence-corrected chi connectivity index (χ1v) is 7.37. The fourth-order valence-corrected chi connectivity index (χ4v) is 2.29. The largest absolute Gasteiger partial charge is 0.504 e. The van der Waals surface area contributed by atoms with Gasteiger partial charge in [-0.2, -0.15) is 5.10 Å². The normalized spacial score (nSPS) is 11.7. The zero-order valence-corrected chi connectivity index (χ0v) is 13.5. The summed E-state index contributed by atoms with van der Waals surface area (Å²) in [6, 6.07) is 7.70. The molecule has 0 unspecified atom stereocenters. The molecular formula is C17H24N2O2. The van der Waals surface area contributed by atoms with Crippen LogP contribution in [0.1, 0.15) is 39.8 Å². The van der Waals surface area contributed by atoms with Crippen LogP contribution in [0.15, 0.2) is 24.3 Å². The number of hydrogen-bond donors (Lipinski definition) is 1. The Labute approximate surface area is 126 Å². The van der Waals surface area contributed by atoms with Crippen LogP contribution in [0, 0.1) is 6.92 Å². The van der Waals surface area contributed by atoms with Gasteiger partial charge in [-0.15, -0.1) is 0 Å². The van der Waals surface area contributed by atoms with Gasteiger partial charge in [0.1, 0.15) is 11.4 Å². The molecule has 1 N–H and O–H groups in total. The van der Waals surface area contributed by atoms with E-state index < -0.39 is 0 Å². The second-order valence-electron chi connectivity index (χ2n) is 6.24. The van der Waals surface area contributed by atoms with Gasteiger partial charge in [0.15, 0.2) is 5.75 Å². The van der Waals surface area contributed by atoms with Crippen molar-refractivity contribution in [3.05, 3.63) is 30.0 Å². The minimum Gasteiger partial charge on any atom is -0.504 e. The molecule has 2 aromatic rings. The van der Waals surface area contributed by atoms with Gasteiger partial charge in [-0.05, 0) is 46.2 Å². The van der Waals surface area contributed by atoms with E-state index in [2.05, 4.69) is 32.8 Å². The quantitative estimate of drug-likeness (QED) is 0.921. The summed E-state index contributed by atoms with van der Waals surface area (Å²) in [6.45, 7) is 10.8. The Bertz CT molecular complexity index is 624. The molecule has 114 valence electrons. The third-order valence-corrected chi connectivity index (χ3v) is 3.30. The standard InChI is InChI=1S/C17H24N2O2/c1-6-10-21-14-9-7-8-13(11-14)15-16(20)12(2)19(18-15)17(3,4)5/h7-9,11,20H,6,10H2,1-5H3. The lowest BCUT2D eigenvalue weighted by Crippen LogP contribution is -2.24. The molecule has 0 saturated heterocycles. The molecule has 1 aromatic carbocycles. The summed E-state index contributed by atoms with van der Waals surface area (Å²) in [5, 5.41) is 15.0. The van der Waals surface area contributed by atoms with E-state index in [0.717, 1.165) is 23.4 Å². The van der Waals surface area contributed by atoms with Gasteiger partial charge in [0.25, 0.3) is 0 Å². The zero-order chi connectivity index (χ0) is 15.6. The van der Waals surface area contributed by atoms with Crippen molar-refractivity contribution < 1.29 is 9.84 Å². The van der Waals surface area contributed by atoms with Crippen LogP contribution in [0.3, 0.4) is 0 Å². The molecule has 0 saturated carbocycles. The van der Waals surface area contributed by atoms with Crippen molar-refractivity contribution in [3.63, 3.8) is 0 Å². The number of nitrogens with zero attached hydrogens (tertiary/aromatic N) is 2. The molecule has 0 aliphatic rings. The molecule has 0 radical (unpaired) electrons. The lowest BCUT2D eigenvalue weighted by Gasteiger charge is -2.20. The first kappa shape index (κ1) is 15.4. The van der Waals surface area contributed by atoms with Crippen LogP contribution in [0.5, 0.6) is 11.5 Å². The molecule has 0 aliphatic carbocycles. The number of aromatic hydroxyl groups is 1. The monoisotopic (exact) mass is 288 g/mol. The summed E-state index contributed by atoms with van der Waals surface area (Å²) in [6.07, 6.45) is 0.966. The Morgan fingerprint density at radius 2 is 2.00 bits per heavy atom. The Morgan fingerprint density at radius 3 is 2.57 bits per heavy atom. The lowest BCUT2D eigenvalue weighted by molar-refractivity contribution is 0.317. The number of benzene rings is 1. The Morgan fingerprint density at radius 1 is 1.29 bits per heavy atom. The maximum absolute atomic E-state index is 10.4. The van der Waals surface area contributed by atoms with Gasteiger partial charge >= 0.3 is 0 Å². The van der Waals surface area contributed by atoms with Crippen molar-refractivity contribution in [2.24, 2.45) is 0 Å². The zero-order valence-electron chi connectivity index (χ0n) is 13.5. The van der Waals surface area contributed by atoms with E-state index in [1.54, 1.807) is 0 Å². The summed E-state index contributed by atoms with van der Waals surface area (Å²) in [5.74, 6) is 1.04. The number of aromatic nitrogens is 2. The van der Waals surface area contributed by atoms with E-state index in [0.29, 0.717) is 12.3 Å². The van der Waals surface area contributed by atoms with Gasteiger partial charge in [-0.3, -0.25) is 4.68 Å². The van der Waals surface area contributed by atoms with Crippen molar-refractivity contribution >= 4 is 0 Å². The maximum Gasteiger partial charge on any atom is 0.164 e. The van der Waals surface area contributed by atoms with Crippen LogP contribution < -0.4 is 4.74 Å². The summed E-state index contributed by atoms with van der Waals surface area (Å²) in [4.78, 5) is 0. The van der Waals surface area contributed by atoms with E-state index >= 15 is 0 Å². The molecule has 0 amide bonds. The van der Waals surface area contributed by atoms with Crippen LogP contribution in [0.25, 0.3) is 11.3 Å². The van der Waals surface area contributed by atoms with Gasteiger partial charge in [0.2, 0.25) is 0 Å². The van der Waals surface area contributed by atoms with E-state index in [4.69, 9.17) is 4.74 Å². The highest BCUT2D eigenvalue weighted by molar-refractivity contribution is 5.68. The fourth-order valence-electron chi connectivity index (χ4n) is 2.29.